The van der Waals surface area contributed by atoms with E-state index in [0.717, 1.165) is 22.3 Å². The number of ether oxygens (including phenoxy) is 1. The third-order valence-electron chi connectivity index (χ3n) is 4.53. The minimum Gasteiger partial charge on any atom is -0.452 e. The van der Waals surface area contributed by atoms with E-state index < -0.39 is 5.97 Å². The molecule has 29 heavy (non-hydrogen) atoms. The summed E-state index contributed by atoms with van der Waals surface area (Å²) < 4.78 is 11.1. The van der Waals surface area contributed by atoms with Crippen molar-refractivity contribution < 1.29 is 13.9 Å². The number of nitrogens with zero attached hydrogens (tertiary/aromatic N) is 2. The van der Waals surface area contributed by atoms with Crippen LogP contribution in [0, 0.1) is 6.92 Å². The van der Waals surface area contributed by atoms with Gasteiger partial charge in [-0.15, -0.1) is 10.2 Å². The van der Waals surface area contributed by atoms with Crippen LogP contribution in [0.3, 0.4) is 0 Å². The highest BCUT2D eigenvalue weighted by molar-refractivity contribution is 5.91. The zero-order chi connectivity index (χ0) is 20.1. The fourth-order valence-electron chi connectivity index (χ4n) is 3.10. The summed E-state index contributed by atoms with van der Waals surface area (Å²) in [6.45, 7) is 1.92. The topological polar surface area (TPSA) is 65.2 Å². The van der Waals surface area contributed by atoms with Crippen molar-refractivity contribution in [1.82, 2.24) is 10.2 Å². The first-order chi connectivity index (χ1) is 14.2. The highest BCUT2D eigenvalue weighted by atomic mass is 16.5. The van der Waals surface area contributed by atoms with E-state index in [1.807, 2.05) is 79.7 Å². The molecule has 4 rings (SSSR count). The third-order valence-corrected chi connectivity index (χ3v) is 4.53. The minimum absolute atomic E-state index is 0.0721. The first-order valence-electron chi connectivity index (χ1n) is 9.37. The van der Waals surface area contributed by atoms with Gasteiger partial charge in [-0.3, -0.25) is 0 Å². The molecule has 5 heteroatoms. The maximum Gasteiger partial charge on any atom is 0.338 e. The maximum absolute atomic E-state index is 12.6. The summed E-state index contributed by atoms with van der Waals surface area (Å²) in [4.78, 5) is 12.6. The molecule has 144 valence electrons. The Hall–Kier alpha value is -3.73. The molecular formula is C24H20N2O3. The van der Waals surface area contributed by atoms with E-state index in [2.05, 4.69) is 10.2 Å². The lowest BCUT2D eigenvalue weighted by molar-refractivity contribution is 0.0437. The Morgan fingerprint density at radius 2 is 1.72 bits per heavy atom. The predicted octanol–water partition coefficient (Wildman–Crippen LogP) is 4.99. The second kappa shape index (κ2) is 8.52. The summed E-state index contributed by atoms with van der Waals surface area (Å²) in [5.41, 5.74) is 4.52. The van der Waals surface area contributed by atoms with Crippen LogP contribution < -0.4 is 0 Å². The number of carbonyl (C=O) groups excluding carboxylic acids is 1. The minimum atomic E-state index is -0.410. The first kappa shape index (κ1) is 18.6. The van der Waals surface area contributed by atoms with Crippen molar-refractivity contribution in [1.29, 1.82) is 0 Å². The van der Waals surface area contributed by atoms with Gasteiger partial charge in [0.2, 0.25) is 5.89 Å². The van der Waals surface area contributed by atoms with Crippen LogP contribution in [0.2, 0.25) is 0 Å². The van der Waals surface area contributed by atoms with Crippen LogP contribution in [-0.2, 0) is 17.8 Å². The van der Waals surface area contributed by atoms with Crippen LogP contribution >= 0.6 is 0 Å². The second-order valence-electron chi connectivity index (χ2n) is 6.77. The molecule has 0 aliphatic rings. The molecule has 1 heterocycles. The van der Waals surface area contributed by atoms with Crippen molar-refractivity contribution in [2.75, 3.05) is 0 Å². The van der Waals surface area contributed by atoms with E-state index in [1.165, 1.54) is 0 Å². The van der Waals surface area contributed by atoms with Gasteiger partial charge in [0, 0.05) is 5.56 Å². The average Bonchev–Trinajstić information content (AvgIpc) is 3.22. The molecule has 4 aromatic rings. The second-order valence-corrected chi connectivity index (χ2v) is 6.77. The molecule has 0 aliphatic heterocycles. The predicted molar refractivity (Wildman–Crippen MR) is 109 cm³/mol. The van der Waals surface area contributed by atoms with Gasteiger partial charge in [-0.25, -0.2) is 4.79 Å². The standard InChI is InChI=1S/C24H20N2O3/c1-17-8-7-12-20(14-17)23-26-25-22(29-23)16-28-24(27)21-13-6-5-11-19(21)15-18-9-3-2-4-10-18/h2-14H,15-16H2,1H3. The van der Waals surface area contributed by atoms with Crippen LogP contribution in [0.4, 0.5) is 0 Å². The molecular weight excluding hydrogens is 364 g/mol. The molecule has 0 atom stereocenters. The van der Waals surface area contributed by atoms with Crippen molar-refractivity contribution in [2.45, 2.75) is 20.0 Å². The molecule has 0 spiro atoms. The average molecular weight is 384 g/mol. The lowest BCUT2D eigenvalue weighted by Crippen LogP contribution is -2.09. The Morgan fingerprint density at radius 1 is 0.931 bits per heavy atom. The smallest absolute Gasteiger partial charge is 0.338 e. The van der Waals surface area contributed by atoms with Gasteiger partial charge in [0.05, 0.1) is 5.56 Å². The Morgan fingerprint density at radius 3 is 2.55 bits per heavy atom. The lowest BCUT2D eigenvalue weighted by Gasteiger charge is -2.09. The fraction of sp³-hybridized carbons (Fsp3) is 0.125. The number of benzene rings is 3. The molecule has 3 aromatic carbocycles. The molecule has 0 bridgehead atoms. The monoisotopic (exact) mass is 384 g/mol. The molecule has 0 radical (unpaired) electrons. The number of hydrogen-bond acceptors (Lipinski definition) is 5. The number of carbonyl (C=O) groups is 1. The van der Waals surface area contributed by atoms with Crippen LogP contribution in [0.1, 0.15) is 32.9 Å². The van der Waals surface area contributed by atoms with E-state index in [-0.39, 0.29) is 12.5 Å². The SMILES string of the molecule is Cc1cccc(-c2nnc(COC(=O)c3ccccc3Cc3ccccc3)o2)c1. The summed E-state index contributed by atoms with van der Waals surface area (Å²) in [7, 11) is 0. The van der Waals surface area contributed by atoms with E-state index in [4.69, 9.17) is 9.15 Å². The van der Waals surface area contributed by atoms with Crippen molar-refractivity contribution in [3.05, 3.63) is 107 Å². The highest BCUT2D eigenvalue weighted by Gasteiger charge is 2.15. The Kier molecular flexibility index (Phi) is 5.47. The molecule has 0 amide bonds. The van der Waals surface area contributed by atoms with E-state index in [1.54, 1.807) is 6.07 Å². The molecule has 1 aromatic heterocycles. The summed E-state index contributed by atoms with van der Waals surface area (Å²) in [6, 6.07) is 25.2. The van der Waals surface area contributed by atoms with Gasteiger partial charge in [-0.2, -0.15) is 0 Å². The van der Waals surface area contributed by atoms with Gasteiger partial charge in [-0.05, 0) is 42.7 Å². The highest BCUT2D eigenvalue weighted by Crippen LogP contribution is 2.20. The quantitative estimate of drug-likeness (QED) is 0.438. The number of aryl methyl sites for hydroxylation is 1. The van der Waals surface area contributed by atoms with Crippen LogP contribution in [-0.4, -0.2) is 16.2 Å². The Labute approximate surface area is 169 Å². The van der Waals surface area contributed by atoms with Gasteiger partial charge >= 0.3 is 5.97 Å². The number of esters is 1. The van der Waals surface area contributed by atoms with Crippen LogP contribution in [0.5, 0.6) is 0 Å². The summed E-state index contributed by atoms with van der Waals surface area (Å²) in [5.74, 6) is 0.256. The van der Waals surface area contributed by atoms with E-state index in [0.29, 0.717) is 17.9 Å². The van der Waals surface area contributed by atoms with E-state index in [9.17, 15) is 4.79 Å². The van der Waals surface area contributed by atoms with Gasteiger partial charge in [0.15, 0.2) is 6.61 Å². The molecule has 0 fully saturated rings. The zero-order valence-electron chi connectivity index (χ0n) is 16.0. The van der Waals surface area contributed by atoms with Crippen LogP contribution in [0.15, 0.2) is 83.3 Å². The van der Waals surface area contributed by atoms with Crippen molar-refractivity contribution in [3.63, 3.8) is 0 Å². The zero-order valence-corrected chi connectivity index (χ0v) is 16.0. The molecule has 5 nitrogen and oxygen atoms in total. The number of rotatable bonds is 6. The third kappa shape index (κ3) is 4.58. The van der Waals surface area contributed by atoms with Crippen molar-refractivity contribution in [2.24, 2.45) is 0 Å². The molecule has 0 saturated carbocycles. The van der Waals surface area contributed by atoms with Gasteiger partial charge in [0.1, 0.15) is 0 Å². The fourth-order valence-corrected chi connectivity index (χ4v) is 3.10. The first-order valence-corrected chi connectivity index (χ1v) is 9.37. The normalized spacial score (nSPS) is 10.7. The number of hydrogen-bond donors (Lipinski definition) is 0. The Bertz CT molecular complexity index is 1120. The lowest BCUT2D eigenvalue weighted by atomic mass is 10.00. The largest absolute Gasteiger partial charge is 0.452 e. The van der Waals surface area contributed by atoms with Crippen molar-refractivity contribution in [3.8, 4) is 11.5 Å². The summed E-state index contributed by atoms with van der Waals surface area (Å²) >= 11 is 0. The van der Waals surface area contributed by atoms with Gasteiger partial charge in [-0.1, -0.05) is 66.2 Å². The maximum atomic E-state index is 12.6. The Balaban J connectivity index is 1.44. The number of aromatic nitrogens is 2. The van der Waals surface area contributed by atoms with Gasteiger partial charge < -0.3 is 9.15 Å². The summed E-state index contributed by atoms with van der Waals surface area (Å²) in [6.07, 6.45) is 0.657. The summed E-state index contributed by atoms with van der Waals surface area (Å²) in [5, 5.41) is 8.03. The molecule has 0 N–H and O–H groups in total. The molecule has 0 aliphatic carbocycles. The van der Waals surface area contributed by atoms with Crippen LogP contribution in [0.25, 0.3) is 11.5 Å². The molecule has 0 unspecified atom stereocenters. The van der Waals surface area contributed by atoms with Crippen molar-refractivity contribution >= 4 is 5.97 Å². The molecule has 0 saturated heterocycles. The van der Waals surface area contributed by atoms with Gasteiger partial charge in [0.25, 0.3) is 5.89 Å². The van der Waals surface area contributed by atoms with E-state index >= 15 is 0 Å².